The summed E-state index contributed by atoms with van der Waals surface area (Å²) in [7, 11) is 3.84. The number of hydrogen-bond acceptors (Lipinski definition) is 3. The quantitative estimate of drug-likeness (QED) is 0.588. The van der Waals surface area contributed by atoms with Crippen LogP contribution in [0.1, 0.15) is 5.69 Å². The first-order valence-electron chi connectivity index (χ1n) is 7.95. The SMILES string of the molecule is Cc1cc(NC(=O)Nc2ccc(N(C)C)cc2)c2cc(F)cc(F)c2n1.Cl.Cl. The molecule has 0 radical (unpaired) electrons. The highest BCUT2D eigenvalue weighted by molar-refractivity contribution is 6.05. The van der Waals surface area contributed by atoms with Gasteiger partial charge in [-0.2, -0.15) is 0 Å². The highest BCUT2D eigenvalue weighted by Crippen LogP contribution is 2.26. The Kier molecular flexibility index (Phi) is 7.96. The summed E-state index contributed by atoms with van der Waals surface area (Å²) < 4.78 is 27.5. The van der Waals surface area contributed by atoms with Gasteiger partial charge in [-0.05, 0) is 43.3 Å². The van der Waals surface area contributed by atoms with Crippen LogP contribution in [0.5, 0.6) is 0 Å². The molecule has 5 nitrogen and oxygen atoms in total. The molecule has 2 aromatic carbocycles. The van der Waals surface area contributed by atoms with Crippen molar-refractivity contribution >= 4 is 58.8 Å². The molecule has 0 aliphatic carbocycles. The molecule has 0 aliphatic rings. The van der Waals surface area contributed by atoms with E-state index in [0.717, 1.165) is 17.8 Å². The van der Waals surface area contributed by atoms with Gasteiger partial charge in [-0.25, -0.2) is 18.6 Å². The molecule has 0 saturated carbocycles. The lowest BCUT2D eigenvalue weighted by atomic mass is 10.1. The van der Waals surface area contributed by atoms with E-state index in [2.05, 4.69) is 15.6 Å². The zero-order valence-electron chi connectivity index (χ0n) is 15.4. The number of rotatable bonds is 3. The molecule has 3 aromatic rings. The lowest BCUT2D eigenvalue weighted by molar-refractivity contribution is 0.262. The molecule has 1 aromatic heterocycles. The molecule has 150 valence electrons. The Hall–Kier alpha value is -2.64. The second kappa shape index (κ2) is 9.52. The smallest absolute Gasteiger partial charge is 0.323 e. The standard InChI is InChI=1S/C19H18F2N4O.2ClH/c1-11-8-17(15-9-12(20)10-16(21)18(15)22-11)24-19(26)23-13-4-6-14(7-5-13)25(2)3;;/h4-10H,1-3H3,(H2,22,23,24,26);2*1H. The molecule has 0 atom stereocenters. The fourth-order valence-electron chi connectivity index (χ4n) is 2.61. The number of benzene rings is 2. The number of nitrogens with one attached hydrogen (secondary N) is 2. The topological polar surface area (TPSA) is 57.3 Å². The van der Waals surface area contributed by atoms with Gasteiger partial charge in [0.1, 0.15) is 11.3 Å². The van der Waals surface area contributed by atoms with Crippen molar-refractivity contribution in [1.29, 1.82) is 0 Å². The van der Waals surface area contributed by atoms with Crippen LogP contribution in [0.25, 0.3) is 10.9 Å². The minimum atomic E-state index is -0.772. The van der Waals surface area contributed by atoms with Crippen LogP contribution >= 0.6 is 24.8 Å². The summed E-state index contributed by atoms with van der Waals surface area (Å²) in [6, 6.07) is 10.2. The van der Waals surface area contributed by atoms with E-state index in [0.29, 0.717) is 11.4 Å². The van der Waals surface area contributed by atoms with Crippen molar-refractivity contribution < 1.29 is 13.6 Å². The third-order valence-electron chi connectivity index (χ3n) is 3.85. The Balaban J connectivity index is 0.00000196. The Morgan fingerprint density at radius 2 is 1.64 bits per heavy atom. The Labute approximate surface area is 174 Å². The molecule has 0 bridgehead atoms. The highest BCUT2D eigenvalue weighted by Gasteiger charge is 2.13. The van der Waals surface area contributed by atoms with E-state index in [-0.39, 0.29) is 41.4 Å². The monoisotopic (exact) mass is 428 g/mol. The van der Waals surface area contributed by atoms with Crippen LogP contribution in [0.15, 0.2) is 42.5 Å². The van der Waals surface area contributed by atoms with Crippen LogP contribution in [0.2, 0.25) is 0 Å². The Bertz CT molecular complexity index is 982. The number of pyridine rings is 1. The van der Waals surface area contributed by atoms with Gasteiger partial charge in [-0.15, -0.1) is 24.8 Å². The van der Waals surface area contributed by atoms with Crippen molar-refractivity contribution in [2.24, 2.45) is 0 Å². The fourth-order valence-corrected chi connectivity index (χ4v) is 2.61. The number of amides is 2. The molecule has 28 heavy (non-hydrogen) atoms. The van der Waals surface area contributed by atoms with Gasteiger partial charge in [0.25, 0.3) is 0 Å². The van der Waals surface area contributed by atoms with Crippen molar-refractivity contribution in [3.8, 4) is 0 Å². The number of halogens is 4. The molecule has 1 heterocycles. The number of fused-ring (bicyclic) bond motifs is 1. The average molecular weight is 429 g/mol. The van der Waals surface area contributed by atoms with E-state index in [9.17, 15) is 13.6 Å². The maximum Gasteiger partial charge on any atom is 0.323 e. The van der Waals surface area contributed by atoms with Crippen LogP contribution in [-0.2, 0) is 0 Å². The minimum Gasteiger partial charge on any atom is -0.378 e. The second-order valence-electron chi connectivity index (χ2n) is 6.12. The maximum atomic E-state index is 14.0. The lowest BCUT2D eigenvalue weighted by Crippen LogP contribution is -2.20. The lowest BCUT2D eigenvalue weighted by Gasteiger charge is -2.14. The number of carbonyl (C=O) groups is 1. The van der Waals surface area contributed by atoms with Crippen molar-refractivity contribution in [3.63, 3.8) is 0 Å². The van der Waals surface area contributed by atoms with Crippen LogP contribution in [0, 0.1) is 18.6 Å². The second-order valence-corrected chi connectivity index (χ2v) is 6.12. The molecule has 0 fully saturated rings. The van der Waals surface area contributed by atoms with Crippen LogP contribution in [-0.4, -0.2) is 25.1 Å². The zero-order valence-corrected chi connectivity index (χ0v) is 17.0. The molecule has 2 amide bonds. The van der Waals surface area contributed by atoms with Gasteiger partial charge in [0.15, 0.2) is 5.82 Å². The van der Waals surface area contributed by atoms with E-state index in [1.165, 1.54) is 0 Å². The van der Waals surface area contributed by atoms with Gasteiger partial charge in [-0.3, -0.25) is 0 Å². The third-order valence-corrected chi connectivity index (χ3v) is 3.85. The third kappa shape index (κ3) is 5.21. The summed E-state index contributed by atoms with van der Waals surface area (Å²) in [5.41, 5.74) is 2.40. The van der Waals surface area contributed by atoms with Crippen molar-refractivity contribution in [2.45, 2.75) is 6.92 Å². The van der Waals surface area contributed by atoms with Gasteiger partial charge >= 0.3 is 6.03 Å². The number of aromatic nitrogens is 1. The highest BCUT2D eigenvalue weighted by atomic mass is 35.5. The molecule has 9 heteroatoms. The van der Waals surface area contributed by atoms with E-state index in [4.69, 9.17) is 0 Å². The van der Waals surface area contributed by atoms with Gasteiger partial charge in [0, 0.05) is 42.6 Å². The maximum absolute atomic E-state index is 14.0. The molecule has 3 rings (SSSR count). The Morgan fingerprint density at radius 3 is 2.25 bits per heavy atom. The average Bonchev–Trinajstić information content (AvgIpc) is 2.56. The normalized spacial score (nSPS) is 9.89. The number of carbonyl (C=O) groups excluding carboxylic acids is 1. The molecular formula is C19H20Cl2F2N4O. The fraction of sp³-hybridized carbons (Fsp3) is 0.158. The van der Waals surface area contributed by atoms with Crippen molar-refractivity contribution in [2.75, 3.05) is 29.6 Å². The number of nitrogens with zero attached hydrogens (tertiary/aromatic N) is 2. The summed E-state index contributed by atoms with van der Waals surface area (Å²) in [6.45, 7) is 1.67. The van der Waals surface area contributed by atoms with Gasteiger partial charge in [0.05, 0.1) is 5.69 Å². The van der Waals surface area contributed by atoms with E-state index in [1.54, 1.807) is 25.1 Å². The van der Waals surface area contributed by atoms with Gasteiger partial charge < -0.3 is 15.5 Å². The van der Waals surface area contributed by atoms with Crippen LogP contribution < -0.4 is 15.5 Å². The first kappa shape index (κ1) is 23.4. The first-order chi connectivity index (χ1) is 12.3. The summed E-state index contributed by atoms with van der Waals surface area (Å²) in [4.78, 5) is 18.3. The van der Waals surface area contributed by atoms with Crippen molar-refractivity contribution in [3.05, 3.63) is 59.8 Å². The van der Waals surface area contributed by atoms with Gasteiger partial charge in [0.2, 0.25) is 0 Å². The first-order valence-corrected chi connectivity index (χ1v) is 7.95. The minimum absolute atomic E-state index is 0. The largest absolute Gasteiger partial charge is 0.378 e. The molecule has 0 saturated heterocycles. The zero-order chi connectivity index (χ0) is 18.8. The predicted molar refractivity (Wildman–Crippen MR) is 114 cm³/mol. The van der Waals surface area contributed by atoms with Crippen molar-refractivity contribution in [1.82, 2.24) is 4.98 Å². The summed E-state index contributed by atoms with van der Waals surface area (Å²) in [5, 5.41) is 5.53. The Morgan fingerprint density at radius 1 is 1.00 bits per heavy atom. The summed E-state index contributed by atoms with van der Waals surface area (Å²) >= 11 is 0. The molecule has 2 N–H and O–H groups in total. The van der Waals surface area contributed by atoms with Gasteiger partial charge in [-0.1, -0.05) is 0 Å². The van der Waals surface area contributed by atoms with E-state index < -0.39 is 17.7 Å². The molecule has 0 aliphatic heterocycles. The van der Waals surface area contributed by atoms with E-state index in [1.807, 2.05) is 31.1 Å². The summed E-state index contributed by atoms with van der Waals surface area (Å²) in [6.07, 6.45) is 0. The molecule has 0 spiro atoms. The molecule has 0 unspecified atom stereocenters. The number of hydrogen-bond donors (Lipinski definition) is 2. The van der Waals surface area contributed by atoms with Crippen LogP contribution in [0.4, 0.5) is 30.6 Å². The van der Waals surface area contributed by atoms with Crippen LogP contribution in [0.3, 0.4) is 0 Å². The number of urea groups is 1. The predicted octanol–water partition coefficient (Wildman–Crippen LogP) is 5.38. The number of aryl methyl sites for hydroxylation is 1. The number of anilines is 3. The van der Waals surface area contributed by atoms with E-state index >= 15 is 0 Å². The summed E-state index contributed by atoms with van der Waals surface area (Å²) in [5.74, 6) is -1.50. The molecular weight excluding hydrogens is 409 g/mol.